The monoisotopic (exact) mass is 524 g/mol. The molecule has 1 N–H and O–H groups in total. The van der Waals surface area contributed by atoms with Crippen molar-refractivity contribution in [2.45, 2.75) is 25.4 Å². The van der Waals surface area contributed by atoms with Crippen molar-refractivity contribution in [3.8, 4) is 0 Å². The van der Waals surface area contributed by atoms with Crippen molar-refractivity contribution < 1.29 is 9.72 Å². The molecule has 0 saturated heterocycles. The number of non-ortho nitro benzene ring substituents is 1. The molecule has 2 heterocycles. The van der Waals surface area contributed by atoms with Gasteiger partial charge in [-0.3, -0.25) is 19.9 Å². The lowest BCUT2D eigenvalue weighted by Gasteiger charge is -2.18. The second kappa shape index (κ2) is 11.3. The quantitative estimate of drug-likeness (QED) is 0.176. The van der Waals surface area contributed by atoms with E-state index in [1.807, 2.05) is 66.9 Å². The van der Waals surface area contributed by atoms with Crippen molar-refractivity contribution in [3.63, 3.8) is 0 Å². The molecule has 2 aromatic heterocycles. The summed E-state index contributed by atoms with van der Waals surface area (Å²) in [6, 6.07) is 26.0. The van der Waals surface area contributed by atoms with E-state index in [4.69, 9.17) is 11.6 Å². The van der Waals surface area contributed by atoms with Crippen LogP contribution in [0.5, 0.6) is 0 Å². The number of carbonyl (C=O) groups is 1. The summed E-state index contributed by atoms with van der Waals surface area (Å²) < 4.78 is 2.07. The van der Waals surface area contributed by atoms with E-state index in [9.17, 15) is 14.9 Å². The average Bonchev–Trinajstić information content (AvgIpc) is 3.29. The van der Waals surface area contributed by atoms with Crippen LogP contribution >= 0.6 is 11.6 Å². The maximum atomic E-state index is 13.2. The van der Waals surface area contributed by atoms with Crippen LogP contribution in [0.4, 0.5) is 5.69 Å². The van der Waals surface area contributed by atoms with Gasteiger partial charge < -0.3 is 9.88 Å². The van der Waals surface area contributed by atoms with Crippen molar-refractivity contribution in [3.05, 3.63) is 141 Å². The van der Waals surface area contributed by atoms with Crippen LogP contribution in [-0.4, -0.2) is 20.4 Å². The van der Waals surface area contributed by atoms with Crippen LogP contribution in [0.3, 0.4) is 0 Å². The lowest BCUT2D eigenvalue weighted by Crippen LogP contribution is -2.25. The highest BCUT2D eigenvalue weighted by Gasteiger charge is 2.26. The molecule has 0 radical (unpaired) electrons. The molecule has 0 spiro atoms. The molecule has 5 aromatic rings. The Morgan fingerprint density at radius 1 is 0.947 bits per heavy atom. The summed E-state index contributed by atoms with van der Waals surface area (Å²) in [5, 5.41) is 15.9. The molecule has 8 heteroatoms. The SMILES string of the molecule is O=C(C[C@H](c1ccccc1Cl)c1cn(Cc2ccccc2)c2ccc([N+](=O)[O-])cc12)NCc1ccncc1. The number of amides is 1. The van der Waals surface area contributed by atoms with Crippen LogP contribution in [-0.2, 0) is 17.9 Å². The minimum absolute atomic E-state index is 0.00346. The molecule has 0 aliphatic rings. The van der Waals surface area contributed by atoms with Crippen LogP contribution in [0.25, 0.3) is 10.9 Å². The largest absolute Gasteiger partial charge is 0.352 e. The Morgan fingerprint density at radius 2 is 1.68 bits per heavy atom. The van der Waals surface area contributed by atoms with Crippen molar-refractivity contribution in [2.75, 3.05) is 0 Å². The Kier molecular flexibility index (Phi) is 7.47. The summed E-state index contributed by atoms with van der Waals surface area (Å²) in [5.41, 5.74) is 4.49. The fraction of sp³-hybridized carbons (Fsp3) is 0.133. The fourth-order valence-electron chi connectivity index (χ4n) is 4.72. The highest BCUT2D eigenvalue weighted by atomic mass is 35.5. The molecule has 5 rings (SSSR count). The molecule has 0 saturated carbocycles. The summed E-state index contributed by atoms with van der Waals surface area (Å²) in [6.07, 6.45) is 5.48. The Balaban J connectivity index is 1.57. The summed E-state index contributed by atoms with van der Waals surface area (Å²) in [4.78, 5) is 28.5. The van der Waals surface area contributed by atoms with Gasteiger partial charge in [0.1, 0.15) is 0 Å². The number of pyridine rings is 1. The summed E-state index contributed by atoms with van der Waals surface area (Å²) >= 11 is 6.64. The van der Waals surface area contributed by atoms with Crippen LogP contribution in [0.1, 0.15) is 34.6 Å². The fourth-order valence-corrected chi connectivity index (χ4v) is 4.99. The number of hydrogen-bond acceptors (Lipinski definition) is 4. The number of aromatic nitrogens is 2. The van der Waals surface area contributed by atoms with Gasteiger partial charge in [0.25, 0.3) is 5.69 Å². The number of nitrogens with one attached hydrogen (secondary N) is 1. The van der Waals surface area contributed by atoms with Gasteiger partial charge >= 0.3 is 0 Å². The Labute approximate surface area is 224 Å². The number of nitro benzene ring substituents is 1. The lowest BCUT2D eigenvalue weighted by molar-refractivity contribution is -0.384. The van der Waals surface area contributed by atoms with E-state index in [0.717, 1.165) is 33.2 Å². The Morgan fingerprint density at radius 3 is 2.42 bits per heavy atom. The smallest absolute Gasteiger partial charge is 0.270 e. The van der Waals surface area contributed by atoms with E-state index < -0.39 is 10.8 Å². The molecule has 3 aromatic carbocycles. The number of fused-ring (bicyclic) bond motifs is 1. The van der Waals surface area contributed by atoms with Crippen molar-refractivity contribution in [1.82, 2.24) is 14.9 Å². The van der Waals surface area contributed by atoms with Gasteiger partial charge in [-0.2, -0.15) is 0 Å². The van der Waals surface area contributed by atoms with Crippen LogP contribution in [0.2, 0.25) is 5.02 Å². The minimum Gasteiger partial charge on any atom is -0.352 e. The predicted molar refractivity (Wildman–Crippen MR) is 148 cm³/mol. The van der Waals surface area contributed by atoms with Crippen LogP contribution in [0, 0.1) is 10.1 Å². The van der Waals surface area contributed by atoms with Gasteiger partial charge in [-0.15, -0.1) is 0 Å². The van der Waals surface area contributed by atoms with E-state index in [1.54, 1.807) is 30.6 Å². The molecule has 0 unspecified atom stereocenters. The molecule has 1 amide bonds. The van der Waals surface area contributed by atoms with Gasteiger partial charge in [0, 0.05) is 72.1 Å². The first kappa shape index (κ1) is 25.2. The molecule has 0 bridgehead atoms. The third-order valence-corrected chi connectivity index (χ3v) is 6.93. The molecular formula is C30H25ClN4O3. The van der Waals surface area contributed by atoms with Gasteiger partial charge in [-0.25, -0.2) is 0 Å². The molecule has 7 nitrogen and oxygen atoms in total. The zero-order valence-electron chi connectivity index (χ0n) is 20.5. The first-order valence-corrected chi connectivity index (χ1v) is 12.6. The highest BCUT2D eigenvalue weighted by Crippen LogP contribution is 2.39. The topological polar surface area (TPSA) is 90.1 Å². The zero-order valence-corrected chi connectivity index (χ0v) is 21.2. The van der Waals surface area contributed by atoms with Gasteiger partial charge in [0.15, 0.2) is 0 Å². The number of halogens is 1. The highest BCUT2D eigenvalue weighted by molar-refractivity contribution is 6.31. The molecule has 1 atom stereocenters. The second-order valence-corrected chi connectivity index (χ2v) is 9.47. The third kappa shape index (κ3) is 5.58. The second-order valence-electron chi connectivity index (χ2n) is 9.07. The molecule has 0 aliphatic heterocycles. The summed E-state index contributed by atoms with van der Waals surface area (Å²) in [5.74, 6) is -0.566. The number of nitrogens with zero attached hydrogens (tertiary/aromatic N) is 3. The van der Waals surface area contributed by atoms with Gasteiger partial charge in [-0.05, 0) is 46.5 Å². The number of benzene rings is 3. The van der Waals surface area contributed by atoms with E-state index >= 15 is 0 Å². The number of nitro groups is 1. The zero-order chi connectivity index (χ0) is 26.5. The molecule has 38 heavy (non-hydrogen) atoms. The molecule has 0 aliphatic carbocycles. The molecule has 0 fully saturated rings. The molecular weight excluding hydrogens is 500 g/mol. The van der Waals surface area contributed by atoms with Crippen molar-refractivity contribution in [1.29, 1.82) is 0 Å². The van der Waals surface area contributed by atoms with Crippen molar-refractivity contribution >= 4 is 34.1 Å². The molecule has 190 valence electrons. The van der Waals surface area contributed by atoms with Gasteiger partial charge in [-0.1, -0.05) is 60.1 Å². The van der Waals surface area contributed by atoms with E-state index in [-0.39, 0.29) is 18.0 Å². The standard InChI is InChI=1S/C30H25ClN4O3/c31-28-9-5-4-8-24(28)25(17-30(36)33-18-21-12-14-32-15-13-21)27-20-34(19-22-6-2-1-3-7-22)29-11-10-23(35(37)38)16-26(27)29/h1-16,20,25H,17-19H2,(H,33,36)/t25-/m1/s1. The van der Waals surface area contributed by atoms with Crippen LogP contribution in [0.15, 0.2) is 104 Å². The first-order chi connectivity index (χ1) is 18.5. The van der Waals surface area contributed by atoms with E-state index in [2.05, 4.69) is 14.9 Å². The third-order valence-electron chi connectivity index (χ3n) is 6.59. The Bertz CT molecular complexity index is 1590. The number of carbonyl (C=O) groups excluding carboxylic acids is 1. The Hall–Kier alpha value is -4.49. The maximum Gasteiger partial charge on any atom is 0.270 e. The first-order valence-electron chi connectivity index (χ1n) is 12.2. The van der Waals surface area contributed by atoms with E-state index in [0.29, 0.717) is 18.1 Å². The summed E-state index contributed by atoms with van der Waals surface area (Å²) in [6.45, 7) is 0.955. The lowest BCUT2D eigenvalue weighted by atomic mass is 9.87. The maximum absolute atomic E-state index is 13.2. The van der Waals surface area contributed by atoms with Crippen molar-refractivity contribution in [2.24, 2.45) is 0 Å². The van der Waals surface area contributed by atoms with Crippen LogP contribution < -0.4 is 5.32 Å². The average molecular weight is 525 g/mol. The number of rotatable bonds is 9. The number of hydrogen-bond donors (Lipinski definition) is 1. The summed E-state index contributed by atoms with van der Waals surface area (Å²) in [7, 11) is 0. The van der Waals surface area contributed by atoms with E-state index in [1.165, 1.54) is 6.07 Å². The minimum atomic E-state index is -0.414. The van der Waals surface area contributed by atoms with Gasteiger partial charge in [0.05, 0.1) is 4.92 Å². The normalized spacial score (nSPS) is 11.8. The predicted octanol–water partition coefficient (Wildman–Crippen LogP) is 6.48. The van der Waals surface area contributed by atoms with Gasteiger partial charge in [0.2, 0.25) is 5.91 Å².